The van der Waals surface area contributed by atoms with E-state index in [4.69, 9.17) is 4.74 Å². The van der Waals surface area contributed by atoms with Gasteiger partial charge in [0.1, 0.15) is 29.2 Å². The minimum atomic E-state index is -0.781. The predicted molar refractivity (Wildman–Crippen MR) is 128 cm³/mol. The molecule has 0 radical (unpaired) electrons. The molecule has 3 unspecified atom stereocenters. The molecule has 12 heteroatoms. The zero-order valence-electron chi connectivity index (χ0n) is 19.8. The minimum Gasteiger partial charge on any atom is -0.496 e. The number of carbonyl (C=O) groups excluding carboxylic acids is 1. The number of fused-ring (bicyclic) bond motifs is 1. The molecule has 1 aromatic heterocycles. The van der Waals surface area contributed by atoms with E-state index >= 15 is 0 Å². The SMILES string of the molecule is COc1ccc(/C=N/NC(=O)C(C)n2nc(C)c([N+](=O)[O-])c2C)cc1CN1N=NC2C=CC=CC21. The van der Waals surface area contributed by atoms with E-state index in [1.165, 1.54) is 17.8 Å². The Bertz CT molecular complexity index is 1260. The van der Waals surface area contributed by atoms with E-state index in [1.807, 2.05) is 41.4 Å². The second kappa shape index (κ2) is 9.87. The van der Waals surface area contributed by atoms with Crippen LogP contribution in [0.25, 0.3) is 0 Å². The van der Waals surface area contributed by atoms with Crippen LogP contribution in [-0.2, 0) is 11.3 Å². The van der Waals surface area contributed by atoms with Crippen molar-refractivity contribution in [3.05, 3.63) is 75.1 Å². The number of allylic oxidation sites excluding steroid dienone is 2. The van der Waals surface area contributed by atoms with Crippen LogP contribution in [0.2, 0.25) is 0 Å². The number of aromatic nitrogens is 2. The number of amides is 1. The molecule has 3 atom stereocenters. The first-order chi connectivity index (χ1) is 16.8. The molecule has 2 aliphatic rings. The number of rotatable bonds is 8. The molecule has 182 valence electrons. The van der Waals surface area contributed by atoms with Gasteiger partial charge in [-0.3, -0.25) is 24.6 Å². The summed E-state index contributed by atoms with van der Waals surface area (Å²) >= 11 is 0. The van der Waals surface area contributed by atoms with Crippen molar-refractivity contribution in [2.45, 2.75) is 45.4 Å². The zero-order valence-corrected chi connectivity index (χ0v) is 19.8. The fraction of sp³-hybridized carbons (Fsp3) is 0.348. The smallest absolute Gasteiger partial charge is 0.312 e. The first-order valence-electron chi connectivity index (χ1n) is 11.0. The van der Waals surface area contributed by atoms with Gasteiger partial charge in [0, 0.05) is 5.56 Å². The van der Waals surface area contributed by atoms with Gasteiger partial charge >= 0.3 is 5.69 Å². The van der Waals surface area contributed by atoms with Crippen LogP contribution < -0.4 is 10.2 Å². The number of carbonyl (C=O) groups is 1. The van der Waals surface area contributed by atoms with Crippen LogP contribution in [0.1, 0.15) is 35.5 Å². The Morgan fingerprint density at radius 2 is 2.11 bits per heavy atom. The average molecular weight is 479 g/mol. The summed E-state index contributed by atoms with van der Waals surface area (Å²) in [5.74, 6) is 0.260. The van der Waals surface area contributed by atoms with Crippen LogP contribution in [0, 0.1) is 24.0 Å². The molecule has 1 aliphatic heterocycles. The Morgan fingerprint density at radius 3 is 2.83 bits per heavy atom. The second-order valence-corrected chi connectivity index (χ2v) is 8.26. The summed E-state index contributed by atoms with van der Waals surface area (Å²) in [6.07, 6.45) is 9.55. The number of hydrogen-bond acceptors (Lipinski definition) is 9. The van der Waals surface area contributed by atoms with E-state index in [-0.39, 0.29) is 23.5 Å². The van der Waals surface area contributed by atoms with E-state index < -0.39 is 16.9 Å². The maximum Gasteiger partial charge on any atom is 0.312 e. The van der Waals surface area contributed by atoms with Gasteiger partial charge in [0.05, 0.1) is 30.8 Å². The number of aryl methyl sites for hydroxylation is 1. The highest BCUT2D eigenvalue weighted by molar-refractivity contribution is 5.84. The van der Waals surface area contributed by atoms with Crippen molar-refractivity contribution in [3.63, 3.8) is 0 Å². The number of nitrogens with one attached hydrogen (secondary N) is 1. The minimum absolute atomic E-state index is 0.0107. The molecule has 0 spiro atoms. The van der Waals surface area contributed by atoms with Gasteiger partial charge in [-0.05, 0) is 44.5 Å². The molecule has 0 bridgehead atoms. The van der Waals surface area contributed by atoms with Crippen LogP contribution in [0.5, 0.6) is 5.75 Å². The van der Waals surface area contributed by atoms with Gasteiger partial charge in [-0.2, -0.15) is 15.3 Å². The lowest BCUT2D eigenvalue weighted by atomic mass is 10.0. The number of hydrazone groups is 1. The Kier molecular flexibility index (Phi) is 6.71. The fourth-order valence-electron chi connectivity index (χ4n) is 4.14. The molecule has 1 aliphatic carbocycles. The fourth-order valence-corrected chi connectivity index (χ4v) is 4.14. The van der Waals surface area contributed by atoms with Gasteiger partial charge in [-0.1, -0.05) is 29.5 Å². The molecule has 2 aromatic rings. The third kappa shape index (κ3) is 4.81. The molecule has 1 amide bonds. The maximum absolute atomic E-state index is 12.6. The van der Waals surface area contributed by atoms with Crippen molar-refractivity contribution < 1.29 is 14.5 Å². The van der Waals surface area contributed by atoms with Gasteiger partial charge in [-0.25, -0.2) is 5.43 Å². The average Bonchev–Trinajstić information content (AvgIpc) is 3.38. The van der Waals surface area contributed by atoms with E-state index in [9.17, 15) is 14.9 Å². The van der Waals surface area contributed by atoms with Crippen LogP contribution in [0.15, 0.2) is 57.9 Å². The standard InChI is InChI=1S/C23H26N8O4/c1-14-22(31(33)34)15(2)30(27-14)16(3)23(32)26-24-12-17-9-10-21(35-4)18(11-17)13-29-20-8-6-5-7-19(20)25-28-29/h5-12,16,19-20H,13H2,1-4H3,(H,26,32)/b24-12+. The molecule has 1 N–H and O–H groups in total. The highest BCUT2D eigenvalue weighted by Crippen LogP contribution is 2.28. The molecular weight excluding hydrogens is 452 g/mol. The summed E-state index contributed by atoms with van der Waals surface area (Å²) in [4.78, 5) is 23.3. The molecular formula is C23H26N8O4. The van der Waals surface area contributed by atoms with Crippen LogP contribution in [0.3, 0.4) is 0 Å². The molecule has 0 saturated carbocycles. The second-order valence-electron chi connectivity index (χ2n) is 8.26. The topological polar surface area (TPSA) is 140 Å². The van der Waals surface area contributed by atoms with Gasteiger partial charge in [-0.15, -0.1) is 0 Å². The van der Waals surface area contributed by atoms with Crippen LogP contribution >= 0.6 is 0 Å². The lowest BCUT2D eigenvalue weighted by molar-refractivity contribution is -0.386. The maximum atomic E-state index is 12.6. The van der Waals surface area contributed by atoms with Crippen molar-refractivity contribution in [2.24, 2.45) is 15.4 Å². The van der Waals surface area contributed by atoms with Crippen molar-refractivity contribution >= 4 is 17.8 Å². The van der Waals surface area contributed by atoms with Gasteiger partial charge in [0.2, 0.25) is 0 Å². The summed E-state index contributed by atoms with van der Waals surface area (Å²) in [6, 6.07) is 4.86. The first kappa shape index (κ1) is 23.8. The summed E-state index contributed by atoms with van der Waals surface area (Å²) < 4.78 is 6.84. The number of ether oxygens (including phenoxy) is 1. The number of methoxy groups -OCH3 is 1. The number of hydrogen-bond donors (Lipinski definition) is 1. The van der Waals surface area contributed by atoms with Crippen molar-refractivity contribution in [1.29, 1.82) is 0 Å². The lowest BCUT2D eigenvalue weighted by Crippen LogP contribution is -2.32. The third-order valence-corrected chi connectivity index (χ3v) is 5.96. The third-order valence-electron chi connectivity index (χ3n) is 5.96. The first-order valence-corrected chi connectivity index (χ1v) is 11.0. The largest absolute Gasteiger partial charge is 0.496 e. The van der Waals surface area contributed by atoms with Crippen LogP contribution in [-0.4, -0.2) is 51.0 Å². The normalized spacial score (nSPS) is 19.3. The van der Waals surface area contributed by atoms with Crippen molar-refractivity contribution in [3.8, 4) is 5.75 Å². The number of benzene rings is 1. The molecule has 4 rings (SSSR count). The Balaban J connectivity index is 1.44. The van der Waals surface area contributed by atoms with E-state index in [2.05, 4.69) is 32.0 Å². The predicted octanol–water partition coefficient (Wildman–Crippen LogP) is 3.17. The van der Waals surface area contributed by atoms with Crippen molar-refractivity contribution in [1.82, 2.24) is 20.2 Å². The van der Waals surface area contributed by atoms with E-state index in [1.54, 1.807) is 21.0 Å². The Hall–Kier alpha value is -4.35. The van der Waals surface area contributed by atoms with Gasteiger partial charge in [0.15, 0.2) is 0 Å². The Morgan fingerprint density at radius 1 is 1.34 bits per heavy atom. The van der Waals surface area contributed by atoms with E-state index in [0.717, 1.165) is 11.1 Å². The molecule has 1 aromatic carbocycles. The van der Waals surface area contributed by atoms with Gasteiger partial charge < -0.3 is 4.74 Å². The molecule has 12 nitrogen and oxygen atoms in total. The monoisotopic (exact) mass is 478 g/mol. The Labute approximate surface area is 201 Å². The summed E-state index contributed by atoms with van der Waals surface area (Å²) in [7, 11) is 1.61. The number of nitrogens with zero attached hydrogens (tertiary/aromatic N) is 7. The molecule has 35 heavy (non-hydrogen) atoms. The molecule has 0 fully saturated rings. The number of nitro groups is 1. The summed E-state index contributed by atoms with van der Waals surface area (Å²) in [6.45, 7) is 5.20. The summed E-state index contributed by atoms with van der Waals surface area (Å²) in [5.41, 5.74) is 4.60. The molecule has 2 heterocycles. The highest BCUT2D eigenvalue weighted by atomic mass is 16.6. The van der Waals surface area contributed by atoms with Gasteiger partial charge in [0.25, 0.3) is 5.91 Å². The zero-order chi connectivity index (χ0) is 25.1. The highest BCUT2D eigenvalue weighted by Gasteiger charge is 2.30. The quantitative estimate of drug-likeness (QED) is 0.351. The molecule has 0 saturated heterocycles. The van der Waals surface area contributed by atoms with Crippen molar-refractivity contribution in [2.75, 3.05) is 7.11 Å². The van der Waals surface area contributed by atoms with Crippen LogP contribution in [0.4, 0.5) is 5.69 Å². The lowest BCUT2D eigenvalue weighted by Gasteiger charge is -2.24. The summed E-state index contributed by atoms with van der Waals surface area (Å²) in [5, 5.41) is 29.9. The van der Waals surface area contributed by atoms with E-state index in [0.29, 0.717) is 18.0 Å².